The van der Waals surface area contributed by atoms with Crippen LogP contribution in [0.15, 0.2) is 102 Å². The fraction of sp³-hybridized carbons (Fsp3) is 0.120. The highest BCUT2D eigenvalue weighted by Gasteiger charge is 2.34. The third kappa shape index (κ3) is 3.12. The smallest absolute Gasteiger partial charge is 0.319 e. The molecule has 0 amide bonds. The zero-order valence-corrected chi connectivity index (χ0v) is 16.2. The number of rotatable bonds is 3. The van der Waals surface area contributed by atoms with Crippen LogP contribution in [-0.4, -0.2) is 18.7 Å². The molecular weight excluding hydrogens is 325 g/mol. The number of hydrogen-bond acceptors (Lipinski definition) is 1. The van der Waals surface area contributed by atoms with Gasteiger partial charge in [-0.1, -0.05) is 102 Å². The van der Waals surface area contributed by atoms with Crippen LogP contribution in [0.3, 0.4) is 0 Å². The van der Waals surface area contributed by atoms with Crippen molar-refractivity contribution in [2.75, 3.05) is 7.05 Å². The lowest BCUT2D eigenvalue weighted by Crippen LogP contribution is -2.48. The van der Waals surface area contributed by atoms with E-state index in [0.29, 0.717) is 0 Å². The molecule has 0 bridgehead atoms. The molecule has 1 heterocycles. The molecule has 3 aromatic carbocycles. The first-order chi connectivity index (χ1) is 13.2. The van der Waals surface area contributed by atoms with Crippen LogP contribution in [-0.2, 0) is 0 Å². The average Bonchev–Trinajstić information content (AvgIpc) is 2.70. The Bertz CT molecular complexity index is 988. The first-order valence-electron chi connectivity index (χ1n) is 9.49. The molecule has 0 saturated heterocycles. The second kappa shape index (κ2) is 7.32. The monoisotopic (exact) mass is 349 g/mol. The van der Waals surface area contributed by atoms with Crippen molar-refractivity contribution in [1.82, 2.24) is 4.81 Å². The molecule has 2 heteroatoms. The third-order valence-corrected chi connectivity index (χ3v) is 5.50. The Morgan fingerprint density at radius 1 is 0.630 bits per heavy atom. The zero-order valence-electron chi connectivity index (χ0n) is 16.2. The summed E-state index contributed by atoms with van der Waals surface area (Å²) in [5.74, 6) is 0. The van der Waals surface area contributed by atoms with Crippen molar-refractivity contribution in [1.29, 1.82) is 0 Å². The van der Waals surface area contributed by atoms with Crippen molar-refractivity contribution in [3.05, 3.63) is 113 Å². The van der Waals surface area contributed by atoms with Gasteiger partial charge in [0.1, 0.15) is 0 Å². The maximum Gasteiger partial charge on any atom is 0.319 e. The topological polar surface area (TPSA) is 3.24 Å². The number of hydrogen-bond donors (Lipinski definition) is 0. The van der Waals surface area contributed by atoms with E-state index < -0.39 is 0 Å². The van der Waals surface area contributed by atoms with Crippen molar-refractivity contribution in [2.45, 2.75) is 13.8 Å². The largest absolute Gasteiger partial charge is 0.409 e. The summed E-state index contributed by atoms with van der Waals surface area (Å²) in [6.45, 7) is 4.76. The van der Waals surface area contributed by atoms with Crippen LogP contribution in [0.5, 0.6) is 0 Å². The van der Waals surface area contributed by atoms with Gasteiger partial charge >= 0.3 is 6.85 Å². The van der Waals surface area contributed by atoms with Gasteiger partial charge < -0.3 is 4.81 Å². The Morgan fingerprint density at radius 2 is 1.11 bits per heavy atom. The number of allylic oxidation sites excluding steroid dienone is 3. The molecule has 27 heavy (non-hydrogen) atoms. The lowest BCUT2D eigenvalue weighted by Gasteiger charge is -2.38. The van der Waals surface area contributed by atoms with Crippen molar-refractivity contribution in [3.8, 4) is 0 Å². The molecule has 0 aromatic heterocycles. The summed E-state index contributed by atoms with van der Waals surface area (Å²) in [7, 11) is 2.22. The molecule has 0 radical (unpaired) electrons. The van der Waals surface area contributed by atoms with E-state index in [0.717, 1.165) is 0 Å². The highest BCUT2D eigenvalue weighted by Crippen LogP contribution is 2.39. The summed E-state index contributed by atoms with van der Waals surface area (Å²) >= 11 is 0. The highest BCUT2D eigenvalue weighted by atomic mass is 15.1. The fourth-order valence-electron chi connectivity index (χ4n) is 4.41. The lowest BCUT2D eigenvalue weighted by molar-refractivity contribution is 0.742. The molecule has 0 spiro atoms. The molecule has 0 N–H and O–H groups in total. The summed E-state index contributed by atoms with van der Waals surface area (Å²) in [6.07, 6.45) is 0. The van der Waals surface area contributed by atoms with Crippen LogP contribution in [0.25, 0.3) is 11.3 Å². The Hall–Kier alpha value is -3.00. The molecule has 0 aliphatic carbocycles. The SMILES string of the molecule is CC1=C(c2ccccc2)C(C)=C(c2ccccc2)N(C)B1c1ccccc1. The van der Waals surface area contributed by atoms with Gasteiger partial charge in [0.15, 0.2) is 0 Å². The van der Waals surface area contributed by atoms with Gasteiger partial charge in [0.25, 0.3) is 0 Å². The Balaban J connectivity index is 1.97. The van der Waals surface area contributed by atoms with Crippen molar-refractivity contribution >= 4 is 23.6 Å². The van der Waals surface area contributed by atoms with Gasteiger partial charge in [-0.2, -0.15) is 0 Å². The maximum atomic E-state index is 2.43. The zero-order chi connectivity index (χ0) is 18.8. The quantitative estimate of drug-likeness (QED) is 0.582. The van der Waals surface area contributed by atoms with E-state index >= 15 is 0 Å². The van der Waals surface area contributed by atoms with Gasteiger partial charge in [0.2, 0.25) is 0 Å². The van der Waals surface area contributed by atoms with Gasteiger partial charge in [-0.15, -0.1) is 0 Å². The minimum Gasteiger partial charge on any atom is -0.409 e. The predicted molar refractivity (Wildman–Crippen MR) is 118 cm³/mol. The van der Waals surface area contributed by atoms with Crippen LogP contribution in [0, 0.1) is 0 Å². The van der Waals surface area contributed by atoms with Crippen molar-refractivity contribution in [2.24, 2.45) is 0 Å². The summed E-state index contributed by atoms with van der Waals surface area (Å²) in [5, 5.41) is 0. The van der Waals surface area contributed by atoms with Gasteiger partial charge in [0, 0.05) is 5.70 Å². The summed E-state index contributed by atoms with van der Waals surface area (Å²) in [5.41, 5.74) is 9.27. The molecule has 0 saturated carbocycles. The second-order valence-corrected chi connectivity index (χ2v) is 7.19. The summed E-state index contributed by atoms with van der Waals surface area (Å²) in [6, 6.07) is 32.3. The van der Waals surface area contributed by atoms with E-state index in [1.807, 2.05) is 0 Å². The molecule has 0 fully saturated rings. The van der Waals surface area contributed by atoms with E-state index in [1.54, 1.807) is 0 Å². The molecule has 3 aromatic rings. The molecule has 4 rings (SSSR count). The summed E-state index contributed by atoms with van der Waals surface area (Å²) in [4.78, 5) is 2.43. The Labute approximate surface area is 162 Å². The highest BCUT2D eigenvalue weighted by molar-refractivity contribution is 6.79. The first kappa shape index (κ1) is 17.4. The Morgan fingerprint density at radius 3 is 1.67 bits per heavy atom. The van der Waals surface area contributed by atoms with Crippen LogP contribution in [0.1, 0.15) is 25.0 Å². The lowest BCUT2D eigenvalue weighted by atomic mass is 9.45. The standard InChI is InChI=1S/C25H24BN/c1-19-24(21-13-7-4-8-14-21)20(2)26(23-17-11-6-12-18-23)27(3)25(19)22-15-9-5-10-16-22/h4-18H,1-3H3. The maximum absolute atomic E-state index is 2.43. The first-order valence-corrected chi connectivity index (χ1v) is 9.49. The van der Waals surface area contributed by atoms with E-state index in [4.69, 9.17) is 0 Å². The van der Waals surface area contributed by atoms with Gasteiger partial charge in [-0.25, -0.2) is 0 Å². The second-order valence-electron chi connectivity index (χ2n) is 7.19. The van der Waals surface area contributed by atoms with Gasteiger partial charge in [-0.3, -0.25) is 0 Å². The molecule has 132 valence electrons. The van der Waals surface area contributed by atoms with Crippen molar-refractivity contribution in [3.63, 3.8) is 0 Å². The molecule has 1 nitrogen and oxygen atoms in total. The molecule has 0 unspecified atom stereocenters. The molecule has 1 aliphatic rings. The van der Waals surface area contributed by atoms with E-state index in [-0.39, 0.29) is 6.85 Å². The molecular formula is C25H24BN. The predicted octanol–water partition coefficient (Wildman–Crippen LogP) is 5.27. The van der Waals surface area contributed by atoms with E-state index in [2.05, 4.69) is 117 Å². The van der Waals surface area contributed by atoms with E-state index in [9.17, 15) is 0 Å². The van der Waals surface area contributed by atoms with Crippen LogP contribution >= 0.6 is 0 Å². The third-order valence-electron chi connectivity index (χ3n) is 5.50. The normalized spacial score (nSPS) is 14.8. The number of benzene rings is 3. The number of nitrogens with zero attached hydrogens (tertiary/aromatic N) is 1. The van der Waals surface area contributed by atoms with Crippen LogP contribution in [0.2, 0.25) is 0 Å². The van der Waals surface area contributed by atoms with Crippen LogP contribution < -0.4 is 5.46 Å². The van der Waals surface area contributed by atoms with Gasteiger partial charge in [-0.05, 0) is 43.2 Å². The minimum absolute atomic E-state index is 0.223. The average molecular weight is 349 g/mol. The van der Waals surface area contributed by atoms with Gasteiger partial charge in [0.05, 0.1) is 0 Å². The van der Waals surface area contributed by atoms with Crippen molar-refractivity contribution < 1.29 is 0 Å². The van der Waals surface area contributed by atoms with Crippen LogP contribution in [0.4, 0.5) is 0 Å². The fourth-order valence-corrected chi connectivity index (χ4v) is 4.41. The molecule has 0 atom stereocenters. The minimum atomic E-state index is 0.223. The van der Waals surface area contributed by atoms with E-state index in [1.165, 1.54) is 38.9 Å². The Kier molecular flexibility index (Phi) is 4.72. The summed E-state index contributed by atoms with van der Waals surface area (Å²) < 4.78 is 0. The molecule has 1 aliphatic heterocycles.